The van der Waals surface area contributed by atoms with Crippen molar-refractivity contribution in [3.05, 3.63) is 29.8 Å². The van der Waals surface area contributed by atoms with Gasteiger partial charge in [-0.15, -0.1) is 0 Å². The summed E-state index contributed by atoms with van der Waals surface area (Å²) in [4.78, 5) is 17.2. The van der Waals surface area contributed by atoms with Crippen LogP contribution >= 0.6 is 0 Å². The molecule has 3 rings (SSSR count). The molecule has 0 bridgehead atoms. The summed E-state index contributed by atoms with van der Waals surface area (Å²) in [5.41, 5.74) is 7.00. The third-order valence-corrected chi connectivity index (χ3v) is 5.42. The molecule has 0 aromatic heterocycles. The Morgan fingerprint density at radius 2 is 1.79 bits per heavy atom. The highest BCUT2D eigenvalue weighted by atomic mass is 16.5. The minimum Gasteiger partial charge on any atom is -0.496 e. The lowest BCUT2D eigenvalue weighted by Crippen LogP contribution is -2.60. The fourth-order valence-electron chi connectivity index (χ4n) is 3.90. The average Bonchev–Trinajstić information content (AvgIpc) is 2.63. The molecule has 2 fully saturated rings. The number of hydrogen-bond donors (Lipinski definition) is 1. The van der Waals surface area contributed by atoms with Crippen molar-refractivity contribution < 1.29 is 9.53 Å². The van der Waals surface area contributed by atoms with Crippen LogP contribution in [-0.4, -0.2) is 54.5 Å². The molecule has 1 saturated carbocycles. The second-order valence-electron chi connectivity index (χ2n) is 7.10. The van der Waals surface area contributed by atoms with E-state index in [2.05, 4.69) is 11.0 Å². The summed E-state index contributed by atoms with van der Waals surface area (Å²) in [6.45, 7) is 4.18. The molecular weight excluding hydrogens is 302 g/mol. The van der Waals surface area contributed by atoms with Gasteiger partial charge in [-0.1, -0.05) is 37.5 Å². The molecule has 2 aliphatic rings. The standard InChI is InChI=1S/C19H29N3O2/c1-24-17-8-4-3-7-16(17)15-21-11-13-22(14-12-21)18(23)19(20)9-5-2-6-10-19/h3-4,7-8H,2,5-6,9-15,20H2,1H3. The van der Waals surface area contributed by atoms with Gasteiger partial charge < -0.3 is 15.4 Å². The number of rotatable bonds is 4. The molecule has 1 aliphatic carbocycles. The topological polar surface area (TPSA) is 58.8 Å². The third-order valence-electron chi connectivity index (χ3n) is 5.42. The van der Waals surface area contributed by atoms with Gasteiger partial charge in [-0.2, -0.15) is 0 Å². The molecule has 5 nitrogen and oxygen atoms in total. The molecule has 24 heavy (non-hydrogen) atoms. The molecule has 1 heterocycles. The first kappa shape index (κ1) is 17.2. The molecule has 0 atom stereocenters. The van der Waals surface area contributed by atoms with Crippen LogP contribution < -0.4 is 10.5 Å². The maximum atomic E-state index is 12.8. The Morgan fingerprint density at radius 3 is 2.46 bits per heavy atom. The van der Waals surface area contributed by atoms with E-state index in [1.165, 1.54) is 12.0 Å². The first-order valence-electron chi connectivity index (χ1n) is 9.05. The smallest absolute Gasteiger partial charge is 0.242 e. The predicted molar refractivity (Wildman–Crippen MR) is 94.9 cm³/mol. The number of nitrogens with zero attached hydrogens (tertiary/aromatic N) is 2. The first-order chi connectivity index (χ1) is 11.6. The van der Waals surface area contributed by atoms with Crippen LogP contribution in [0.2, 0.25) is 0 Å². The average molecular weight is 331 g/mol. The maximum absolute atomic E-state index is 12.8. The Labute approximate surface area is 144 Å². The van der Waals surface area contributed by atoms with Crippen LogP contribution in [0.4, 0.5) is 0 Å². The van der Waals surface area contributed by atoms with Crippen LogP contribution in [0, 0.1) is 0 Å². The molecule has 1 aromatic carbocycles. The van der Waals surface area contributed by atoms with Crippen molar-refractivity contribution in [3.8, 4) is 5.75 Å². The van der Waals surface area contributed by atoms with Crippen LogP contribution in [0.5, 0.6) is 5.75 Å². The monoisotopic (exact) mass is 331 g/mol. The zero-order valence-electron chi connectivity index (χ0n) is 14.7. The number of carbonyl (C=O) groups excluding carboxylic acids is 1. The molecule has 0 spiro atoms. The summed E-state index contributed by atoms with van der Waals surface area (Å²) in [7, 11) is 1.71. The van der Waals surface area contributed by atoms with Crippen LogP contribution in [0.15, 0.2) is 24.3 Å². The van der Waals surface area contributed by atoms with Crippen LogP contribution in [0.25, 0.3) is 0 Å². The second-order valence-corrected chi connectivity index (χ2v) is 7.10. The molecular formula is C19H29N3O2. The van der Waals surface area contributed by atoms with Crippen molar-refractivity contribution in [2.75, 3.05) is 33.3 Å². The number of ether oxygens (including phenoxy) is 1. The Morgan fingerprint density at radius 1 is 1.12 bits per heavy atom. The van der Waals surface area contributed by atoms with E-state index < -0.39 is 5.54 Å². The zero-order chi connectivity index (χ0) is 17.0. The molecule has 1 amide bonds. The summed E-state index contributed by atoms with van der Waals surface area (Å²) >= 11 is 0. The molecule has 1 saturated heterocycles. The van der Waals surface area contributed by atoms with E-state index in [1.54, 1.807) is 7.11 Å². The molecule has 2 N–H and O–H groups in total. The summed E-state index contributed by atoms with van der Waals surface area (Å²) in [6.07, 6.45) is 5.05. The van der Waals surface area contributed by atoms with Gasteiger partial charge in [0.05, 0.1) is 12.6 Å². The van der Waals surface area contributed by atoms with Crippen molar-refractivity contribution in [2.45, 2.75) is 44.2 Å². The SMILES string of the molecule is COc1ccccc1CN1CCN(C(=O)C2(N)CCCCC2)CC1. The molecule has 1 aromatic rings. The summed E-state index contributed by atoms with van der Waals surface area (Å²) in [5.74, 6) is 1.10. The number of hydrogen-bond acceptors (Lipinski definition) is 4. The van der Waals surface area contributed by atoms with Crippen molar-refractivity contribution in [1.82, 2.24) is 9.80 Å². The van der Waals surface area contributed by atoms with Gasteiger partial charge in [0, 0.05) is 38.3 Å². The fourth-order valence-corrected chi connectivity index (χ4v) is 3.90. The van der Waals surface area contributed by atoms with Crippen LogP contribution in [0.3, 0.4) is 0 Å². The largest absolute Gasteiger partial charge is 0.496 e. The molecule has 1 aliphatic heterocycles. The van der Waals surface area contributed by atoms with E-state index in [-0.39, 0.29) is 5.91 Å². The number of piperazine rings is 1. The molecule has 5 heteroatoms. The zero-order valence-corrected chi connectivity index (χ0v) is 14.7. The first-order valence-corrected chi connectivity index (χ1v) is 9.05. The highest BCUT2D eigenvalue weighted by Crippen LogP contribution is 2.28. The lowest BCUT2D eigenvalue weighted by Gasteiger charge is -2.41. The lowest BCUT2D eigenvalue weighted by atomic mass is 9.81. The van der Waals surface area contributed by atoms with Gasteiger partial charge in [-0.3, -0.25) is 9.69 Å². The van der Waals surface area contributed by atoms with Crippen LogP contribution in [0.1, 0.15) is 37.7 Å². The van der Waals surface area contributed by atoms with Gasteiger partial charge in [-0.25, -0.2) is 0 Å². The third kappa shape index (κ3) is 3.73. The highest BCUT2D eigenvalue weighted by molar-refractivity contribution is 5.86. The van der Waals surface area contributed by atoms with Gasteiger partial charge in [0.1, 0.15) is 5.75 Å². The number of benzene rings is 1. The quantitative estimate of drug-likeness (QED) is 0.917. The van der Waals surface area contributed by atoms with Gasteiger partial charge >= 0.3 is 0 Å². The summed E-state index contributed by atoms with van der Waals surface area (Å²) in [5, 5.41) is 0. The fraction of sp³-hybridized carbons (Fsp3) is 0.632. The van der Waals surface area contributed by atoms with Gasteiger partial charge in [0.25, 0.3) is 0 Å². The Bertz CT molecular complexity index is 561. The molecule has 0 radical (unpaired) electrons. The Kier molecular flexibility index (Phi) is 5.41. The summed E-state index contributed by atoms with van der Waals surface area (Å²) < 4.78 is 5.43. The molecule has 132 valence electrons. The van der Waals surface area contributed by atoms with E-state index in [4.69, 9.17) is 10.5 Å². The predicted octanol–water partition coefficient (Wildman–Crippen LogP) is 2.00. The van der Waals surface area contributed by atoms with E-state index in [1.807, 2.05) is 23.1 Å². The number of amides is 1. The van der Waals surface area contributed by atoms with Crippen LogP contribution in [-0.2, 0) is 11.3 Å². The van der Waals surface area contributed by atoms with E-state index >= 15 is 0 Å². The van der Waals surface area contributed by atoms with E-state index in [9.17, 15) is 4.79 Å². The van der Waals surface area contributed by atoms with Crippen molar-refractivity contribution in [2.24, 2.45) is 5.73 Å². The normalized spacial score (nSPS) is 21.5. The number of nitrogens with two attached hydrogens (primary N) is 1. The maximum Gasteiger partial charge on any atom is 0.242 e. The second kappa shape index (κ2) is 7.53. The Balaban J connectivity index is 1.55. The number of methoxy groups -OCH3 is 1. The highest BCUT2D eigenvalue weighted by Gasteiger charge is 2.39. The Hall–Kier alpha value is -1.59. The lowest BCUT2D eigenvalue weighted by molar-refractivity contribution is -0.140. The molecule has 0 unspecified atom stereocenters. The van der Waals surface area contributed by atoms with Gasteiger partial charge in [-0.05, 0) is 18.9 Å². The van der Waals surface area contributed by atoms with Gasteiger partial charge in [0.15, 0.2) is 0 Å². The minimum absolute atomic E-state index is 0.166. The van der Waals surface area contributed by atoms with Crippen molar-refractivity contribution in [3.63, 3.8) is 0 Å². The minimum atomic E-state index is -0.608. The van der Waals surface area contributed by atoms with E-state index in [0.717, 1.165) is 64.2 Å². The van der Waals surface area contributed by atoms with Crippen molar-refractivity contribution in [1.29, 1.82) is 0 Å². The number of carbonyl (C=O) groups is 1. The summed E-state index contributed by atoms with van der Waals surface area (Å²) in [6, 6.07) is 8.13. The number of para-hydroxylation sites is 1. The van der Waals surface area contributed by atoms with Gasteiger partial charge in [0.2, 0.25) is 5.91 Å². The van der Waals surface area contributed by atoms with Crippen molar-refractivity contribution >= 4 is 5.91 Å². The van der Waals surface area contributed by atoms with E-state index in [0.29, 0.717) is 0 Å².